The molecule has 2 aromatic rings. The Bertz CT molecular complexity index is 502. The van der Waals surface area contributed by atoms with E-state index in [1.165, 1.54) is 0 Å². The summed E-state index contributed by atoms with van der Waals surface area (Å²) in [6.45, 7) is 3.94. The van der Waals surface area contributed by atoms with Gasteiger partial charge in [-0.2, -0.15) is 0 Å². The standard InChI is InChI=1S/C14H15NOS/c1-10(2)16-14(17)12-8-13(15-9-12)11-6-4-3-5-7-11/h3-10,15H,1-2H3. The molecule has 0 aliphatic heterocycles. The van der Waals surface area contributed by atoms with Gasteiger partial charge in [0.1, 0.15) is 0 Å². The highest BCUT2D eigenvalue weighted by atomic mass is 32.1. The Morgan fingerprint density at radius 2 is 1.94 bits per heavy atom. The zero-order valence-electron chi connectivity index (χ0n) is 9.94. The zero-order valence-corrected chi connectivity index (χ0v) is 10.8. The van der Waals surface area contributed by atoms with E-state index in [4.69, 9.17) is 17.0 Å². The minimum atomic E-state index is 0.109. The van der Waals surface area contributed by atoms with Gasteiger partial charge in [0.05, 0.1) is 6.10 Å². The summed E-state index contributed by atoms with van der Waals surface area (Å²) in [5.41, 5.74) is 3.12. The van der Waals surface area contributed by atoms with Gasteiger partial charge in [-0.3, -0.25) is 0 Å². The van der Waals surface area contributed by atoms with Crippen molar-refractivity contribution in [3.63, 3.8) is 0 Å². The third-order valence-corrected chi connectivity index (χ3v) is 2.68. The Labute approximate surface area is 107 Å². The average Bonchev–Trinajstić information content (AvgIpc) is 2.78. The smallest absolute Gasteiger partial charge is 0.192 e. The number of rotatable bonds is 3. The van der Waals surface area contributed by atoms with Crippen LogP contribution in [0.15, 0.2) is 42.6 Å². The normalized spacial score (nSPS) is 10.5. The summed E-state index contributed by atoms with van der Waals surface area (Å²) in [6, 6.07) is 12.2. The van der Waals surface area contributed by atoms with Gasteiger partial charge in [0.25, 0.3) is 0 Å². The Balaban J connectivity index is 2.19. The molecule has 0 bridgehead atoms. The number of H-pyrrole nitrogens is 1. The summed E-state index contributed by atoms with van der Waals surface area (Å²) >= 11 is 5.22. The third kappa shape index (κ3) is 2.94. The fourth-order valence-electron chi connectivity index (χ4n) is 1.58. The van der Waals surface area contributed by atoms with Gasteiger partial charge in [0.15, 0.2) is 5.05 Å². The molecule has 0 saturated carbocycles. The molecule has 2 nitrogen and oxygen atoms in total. The van der Waals surface area contributed by atoms with Gasteiger partial charge in [0, 0.05) is 17.5 Å². The van der Waals surface area contributed by atoms with Crippen molar-refractivity contribution in [2.45, 2.75) is 20.0 Å². The molecule has 88 valence electrons. The molecule has 0 amide bonds. The number of nitrogens with one attached hydrogen (secondary N) is 1. The number of hydrogen-bond acceptors (Lipinski definition) is 2. The second kappa shape index (κ2) is 5.15. The first-order chi connectivity index (χ1) is 8.16. The Morgan fingerprint density at radius 1 is 1.24 bits per heavy atom. The van der Waals surface area contributed by atoms with Crippen LogP contribution in [-0.2, 0) is 4.74 Å². The van der Waals surface area contributed by atoms with E-state index in [1.807, 2.05) is 44.3 Å². The van der Waals surface area contributed by atoms with Crippen molar-refractivity contribution in [1.82, 2.24) is 4.98 Å². The van der Waals surface area contributed by atoms with E-state index in [9.17, 15) is 0 Å². The van der Waals surface area contributed by atoms with Crippen LogP contribution in [0.5, 0.6) is 0 Å². The second-order valence-electron chi connectivity index (χ2n) is 4.12. The van der Waals surface area contributed by atoms with Crippen molar-refractivity contribution in [3.05, 3.63) is 48.2 Å². The fourth-order valence-corrected chi connectivity index (χ4v) is 1.89. The van der Waals surface area contributed by atoms with Gasteiger partial charge in [-0.15, -0.1) is 0 Å². The molecule has 2 rings (SSSR count). The SMILES string of the molecule is CC(C)OC(=S)c1c[nH]c(-c2ccccc2)c1. The van der Waals surface area contributed by atoms with Gasteiger partial charge in [-0.1, -0.05) is 30.3 Å². The Hall–Kier alpha value is -1.61. The predicted octanol–water partition coefficient (Wildman–Crippen LogP) is 3.78. The molecule has 0 aliphatic rings. The lowest BCUT2D eigenvalue weighted by molar-refractivity contribution is 0.236. The second-order valence-corrected chi connectivity index (χ2v) is 4.49. The van der Waals surface area contributed by atoms with Crippen LogP contribution in [0.4, 0.5) is 0 Å². The summed E-state index contributed by atoms with van der Waals surface area (Å²) in [5, 5.41) is 0.540. The maximum atomic E-state index is 5.50. The highest BCUT2D eigenvalue weighted by Crippen LogP contribution is 2.19. The molecule has 0 atom stereocenters. The van der Waals surface area contributed by atoms with Crippen LogP contribution in [0.2, 0.25) is 0 Å². The topological polar surface area (TPSA) is 25.0 Å². The molecule has 0 aliphatic carbocycles. The highest BCUT2D eigenvalue weighted by Gasteiger charge is 2.08. The average molecular weight is 245 g/mol. The maximum absolute atomic E-state index is 5.50. The van der Waals surface area contributed by atoms with Gasteiger partial charge in [0.2, 0.25) is 0 Å². The van der Waals surface area contributed by atoms with E-state index in [1.54, 1.807) is 0 Å². The van der Waals surface area contributed by atoms with Crippen LogP contribution in [0, 0.1) is 0 Å². The summed E-state index contributed by atoms with van der Waals surface area (Å²) < 4.78 is 5.50. The lowest BCUT2D eigenvalue weighted by Crippen LogP contribution is -2.09. The fraction of sp³-hybridized carbons (Fsp3) is 0.214. The molecular formula is C14H15NOS. The van der Waals surface area contributed by atoms with Crippen LogP contribution in [0.25, 0.3) is 11.3 Å². The van der Waals surface area contributed by atoms with Crippen LogP contribution < -0.4 is 0 Å². The van der Waals surface area contributed by atoms with Gasteiger partial charge in [-0.05, 0) is 37.7 Å². The summed E-state index contributed by atoms with van der Waals surface area (Å²) in [7, 11) is 0. The minimum absolute atomic E-state index is 0.109. The third-order valence-electron chi connectivity index (χ3n) is 2.35. The van der Waals surface area contributed by atoms with Gasteiger partial charge >= 0.3 is 0 Å². The Morgan fingerprint density at radius 3 is 2.59 bits per heavy atom. The van der Waals surface area contributed by atoms with Crippen molar-refractivity contribution in [3.8, 4) is 11.3 Å². The molecule has 3 heteroatoms. The lowest BCUT2D eigenvalue weighted by atomic mass is 10.1. The van der Waals surface area contributed by atoms with Crippen molar-refractivity contribution in [1.29, 1.82) is 0 Å². The van der Waals surface area contributed by atoms with Crippen LogP contribution in [-0.4, -0.2) is 16.1 Å². The number of thiocarbonyl (C=S) groups is 1. The van der Waals surface area contributed by atoms with Crippen LogP contribution in [0.3, 0.4) is 0 Å². The van der Waals surface area contributed by atoms with Gasteiger partial charge in [-0.25, -0.2) is 0 Å². The van der Waals surface area contributed by atoms with Gasteiger partial charge < -0.3 is 9.72 Å². The molecule has 0 radical (unpaired) electrons. The number of ether oxygens (including phenoxy) is 1. The first-order valence-corrected chi connectivity index (χ1v) is 6.02. The quantitative estimate of drug-likeness (QED) is 0.832. The zero-order chi connectivity index (χ0) is 12.3. The Kier molecular flexibility index (Phi) is 3.59. The monoisotopic (exact) mass is 245 g/mol. The molecule has 0 unspecified atom stereocenters. The molecule has 1 heterocycles. The molecular weight excluding hydrogens is 230 g/mol. The number of aromatic amines is 1. The molecule has 0 fully saturated rings. The van der Waals surface area contributed by atoms with Crippen molar-refractivity contribution in [2.24, 2.45) is 0 Å². The highest BCUT2D eigenvalue weighted by molar-refractivity contribution is 7.80. The molecule has 1 aromatic carbocycles. The van der Waals surface area contributed by atoms with Crippen molar-refractivity contribution >= 4 is 17.3 Å². The van der Waals surface area contributed by atoms with E-state index in [0.29, 0.717) is 5.05 Å². The molecule has 0 spiro atoms. The van der Waals surface area contributed by atoms with E-state index in [0.717, 1.165) is 16.8 Å². The summed E-state index contributed by atoms with van der Waals surface area (Å²) in [6.07, 6.45) is 1.99. The van der Waals surface area contributed by atoms with Crippen LogP contribution >= 0.6 is 12.2 Å². The molecule has 1 N–H and O–H groups in total. The van der Waals surface area contributed by atoms with E-state index < -0.39 is 0 Å². The largest absolute Gasteiger partial charge is 0.480 e. The summed E-state index contributed by atoms with van der Waals surface area (Å²) in [5.74, 6) is 0. The number of hydrogen-bond donors (Lipinski definition) is 1. The number of benzene rings is 1. The van der Waals surface area contributed by atoms with E-state index >= 15 is 0 Å². The van der Waals surface area contributed by atoms with Crippen molar-refractivity contribution < 1.29 is 4.74 Å². The van der Waals surface area contributed by atoms with Crippen LogP contribution in [0.1, 0.15) is 19.4 Å². The molecule has 17 heavy (non-hydrogen) atoms. The lowest BCUT2D eigenvalue weighted by Gasteiger charge is -2.08. The van der Waals surface area contributed by atoms with Crippen molar-refractivity contribution in [2.75, 3.05) is 0 Å². The van der Waals surface area contributed by atoms with E-state index in [-0.39, 0.29) is 6.10 Å². The minimum Gasteiger partial charge on any atom is -0.480 e. The first kappa shape index (κ1) is 11.9. The molecule has 0 saturated heterocycles. The predicted molar refractivity (Wildman–Crippen MR) is 74.1 cm³/mol. The number of aromatic nitrogens is 1. The summed E-state index contributed by atoms with van der Waals surface area (Å²) in [4.78, 5) is 3.21. The molecule has 1 aromatic heterocycles. The maximum Gasteiger partial charge on any atom is 0.192 e. The first-order valence-electron chi connectivity index (χ1n) is 5.61. The van der Waals surface area contributed by atoms with E-state index in [2.05, 4.69) is 17.1 Å².